The number of hydrogen-bond donors (Lipinski definition) is 0. The quantitative estimate of drug-likeness (QED) is 0.439. The molecular formula is C7HBr4N2. The van der Waals surface area contributed by atoms with Crippen molar-refractivity contribution in [3.05, 3.63) is 23.5 Å². The van der Waals surface area contributed by atoms with Crippen LogP contribution < -0.4 is 5.73 Å². The van der Waals surface area contributed by atoms with Gasteiger partial charge < -0.3 is 0 Å². The summed E-state index contributed by atoms with van der Waals surface area (Å²) in [5, 5.41) is 8.78. The lowest BCUT2D eigenvalue weighted by atomic mass is 10.2. The minimum absolute atomic E-state index is 0.171. The molecule has 0 heterocycles. The zero-order valence-electron chi connectivity index (χ0n) is 5.96. The van der Waals surface area contributed by atoms with Crippen LogP contribution in [0.2, 0.25) is 0 Å². The maximum atomic E-state index is 8.78. The first kappa shape index (κ1) is 11.5. The SMILES string of the molecule is N#Cc1c([NH])c(Br)c(Br)c(Br)c1Br. The predicted molar refractivity (Wildman–Crippen MR) is 64.7 cm³/mol. The summed E-state index contributed by atoms with van der Waals surface area (Å²) in [5.74, 6) is 0. The van der Waals surface area contributed by atoms with E-state index < -0.39 is 0 Å². The zero-order chi connectivity index (χ0) is 10.2. The van der Waals surface area contributed by atoms with Crippen molar-refractivity contribution in [1.29, 1.82) is 5.26 Å². The summed E-state index contributed by atoms with van der Waals surface area (Å²) < 4.78 is 2.62. The van der Waals surface area contributed by atoms with Gasteiger partial charge in [-0.3, -0.25) is 5.73 Å². The molecule has 0 aliphatic carbocycles. The van der Waals surface area contributed by atoms with Crippen molar-refractivity contribution >= 4 is 69.4 Å². The van der Waals surface area contributed by atoms with Gasteiger partial charge >= 0.3 is 0 Å². The number of rotatable bonds is 0. The second kappa shape index (κ2) is 4.30. The van der Waals surface area contributed by atoms with E-state index in [1.807, 2.05) is 6.07 Å². The Morgan fingerprint density at radius 2 is 1.38 bits per heavy atom. The Kier molecular flexibility index (Phi) is 3.81. The molecule has 13 heavy (non-hydrogen) atoms. The average Bonchev–Trinajstić information content (AvgIpc) is 2.13. The van der Waals surface area contributed by atoms with Crippen molar-refractivity contribution in [2.75, 3.05) is 0 Å². The van der Waals surface area contributed by atoms with E-state index in [9.17, 15) is 0 Å². The van der Waals surface area contributed by atoms with Gasteiger partial charge in [0.05, 0.1) is 20.2 Å². The number of nitrogens with one attached hydrogen (secondary N) is 1. The molecule has 0 aliphatic heterocycles. The molecule has 0 aliphatic rings. The Labute approximate surface area is 109 Å². The van der Waals surface area contributed by atoms with Crippen LogP contribution in [0.3, 0.4) is 0 Å². The topological polar surface area (TPSA) is 47.6 Å². The summed E-state index contributed by atoms with van der Waals surface area (Å²) in [7, 11) is 0. The van der Waals surface area contributed by atoms with Crippen LogP contribution in [0, 0.1) is 11.3 Å². The second-order valence-electron chi connectivity index (χ2n) is 2.12. The van der Waals surface area contributed by atoms with Gasteiger partial charge in [0.25, 0.3) is 0 Å². The molecule has 1 radical (unpaired) electrons. The highest BCUT2D eigenvalue weighted by molar-refractivity contribution is 9.15. The van der Waals surface area contributed by atoms with E-state index in [1.54, 1.807) is 0 Å². The van der Waals surface area contributed by atoms with Gasteiger partial charge in [0.1, 0.15) is 6.07 Å². The Bertz CT molecular complexity index is 379. The van der Waals surface area contributed by atoms with Crippen molar-refractivity contribution in [3.63, 3.8) is 0 Å². The fourth-order valence-corrected chi connectivity index (χ4v) is 2.94. The molecule has 0 bridgehead atoms. The summed E-state index contributed by atoms with van der Waals surface area (Å²) in [6.45, 7) is 0. The number of nitriles is 1. The monoisotopic (exact) mass is 429 g/mol. The van der Waals surface area contributed by atoms with Gasteiger partial charge in [-0.25, -0.2) is 0 Å². The van der Waals surface area contributed by atoms with E-state index in [-0.39, 0.29) is 5.69 Å². The van der Waals surface area contributed by atoms with E-state index in [4.69, 9.17) is 11.0 Å². The molecule has 0 saturated carbocycles. The van der Waals surface area contributed by atoms with Crippen molar-refractivity contribution in [1.82, 2.24) is 5.73 Å². The Morgan fingerprint density at radius 3 is 1.85 bits per heavy atom. The lowest BCUT2D eigenvalue weighted by molar-refractivity contribution is 1.34. The van der Waals surface area contributed by atoms with E-state index in [2.05, 4.69) is 63.7 Å². The lowest BCUT2D eigenvalue weighted by Crippen LogP contribution is -1.87. The van der Waals surface area contributed by atoms with Gasteiger partial charge in [0.15, 0.2) is 0 Å². The fourth-order valence-electron chi connectivity index (χ4n) is 0.737. The van der Waals surface area contributed by atoms with Gasteiger partial charge in [0, 0.05) is 8.95 Å². The number of halogens is 4. The molecule has 0 saturated heterocycles. The number of benzene rings is 1. The highest BCUT2D eigenvalue weighted by Gasteiger charge is 2.16. The van der Waals surface area contributed by atoms with Crippen LogP contribution in [0.25, 0.3) is 0 Å². The van der Waals surface area contributed by atoms with Gasteiger partial charge in [-0.1, -0.05) is 0 Å². The summed E-state index contributed by atoms with van der Waals surface area (Å²) in [5.41, 5.74) is 8.10. The van der Waals surface area contributed by atoms with Crippen LogP contribution in [-0.2, 0) is 0 Å². The lowest BCUT2D eigenvalue weighted by Gasteiger charge is -2.07. The Hall–Kier alpha value is 0.430. The third-order valence-corrected chi connectivity index (χ3v) is 6.15. The van der Waals surface area contributed by atoms with Crippen LogP contribution in [0.1, 0.15) is 5.56 Å². The third-order valence-electron chi connectivity index (χ3n) is 1.38. The van der Waals surface area contributed by atoms with E-state index >= 15 is 0 Å². The summed E-state index contributed by atoms with van der Waals surface area (Å²) in [6, 6.07) is 1.96. The Balaban J connectivity index is 3.69. The minimum Gasteiger partial charge on any atom is -0.298 e. The normalized spacial score (nSPS) is 9.77. The largest absolute Gasteiger partial charge is 0.298 e. The predicted octanol–water partition coefficient (Wildman–Crippen LogP) is 4.52. The highest BCUT2D eigenvalue weighted by Crippen LogP contribution is 2.43. The minimum atomic E-state index is 0.171. The molecule has 67 valence electrons. The molecule has 6 heteroatoms. The first-order chi connectivity index (χ1) is 6.00. The van der Waals surface area contributed by atoms with Crippen molar-refractivity contribution in [3.8, 4) is 6.07 Å². The average molecular weight is 433 g/mol. The molecule has 1 rings (SSSR count). The molecular weight excluding hydrogens is 432 g/mol. The second-order valence-corrected chi connectivity index (χ2v) is 5.29. The molecule has 1 aromatic rings. The van der Waals surface area contributed by atoms with Gasteiger partial charge in [0.2, 0.25) is 0 Å². The van der Waals surface area contributed by atoms with Crippen molar-refractivity contribution < 1.29 is 0 Å². The molecule has 0 aromatic heterocycles. The van der Waals surface area contributed by atoms with Gasteiger partial charge in [-0.15, -0.1) is 0 Å². The summed E-state index contributed by atoms with van der Waals surface area (Å²) in [4.78, 5) is 0. The maximum absolute atomic E-state index is 8.78. The molecule has 2 nitrogen and oxygen atoms in total. The smallest absolute Gasteiger partial charge is 0.103 e. The van der Waals surface area contributed by atoms with Crippen molar-refractivity contribution in [2.45, 2.75) is 0 Å². The van der Waals surface area contributed by atoms with E-state index in [0.717, 1.165) is 8.95 Å². The third kappa shape index (κ3) is 1.94. The van der Waals surface area contributed by atoms with Crippen LogP contribution >= 0.6 is 63.7 Å². The molecule has 0 amide bonds. The summed E-state index contributed by atoms with van der Waals surface area (Å²) >= 11 is 13.0. The zero-order valence-corrected chi connectivity index (χ0v) is 12.3. The fraction of sp³-hybridized carbons (Fsp3) is 0. The van der Waals surface area contributed by atoms with Crippen LogP contribution in [0.4, 0.5) is 5.69 Å². The molecule has 1 N–H and O–H groups in total. The number of hydrogen-bond acceptors (Lipinski definition) is 1. The van der Waals surface area contributed by atoms with Crippen LogP contribution in [-0.4, -0.2) is 0 Å². The standard InChI is InChI=1S/C7HBr4N2/c8-3-2(1-12)7(13)6(11)5(10)4(3)9/h13H. The van der Waals surface area contributed by atoms with Gasteiger partial charge in [-0.2, -0.15) is 5.26 Å². The first-order valence-corrected chi connectivity index (χ1v) is 6.15. The maximum Gasteiger partial charge on any atom is 0.103 e. The van der Waals surface area contributed by atoms with E-state index in [0.29, 0.717) is 14.5 Å². The van der Waals surface area contributed by atoms with E-state index in [1.165, 1.54) is 0 Å². The van der Waals surface area contributed by atoms with Crippen LogP contribution in [0.15, 0.2) is 17.9 Å². The van der Waals surface area contributed by atoms with Crippen molar-refractivity contribution in [2.24, 2.45) is 0 Å². The molecule has 0 spiro atoms. The number of nitrogens with zero attached hydrogens (tertiary/aromatic N) is 1. The first-order valence-electron chi connectivity index (χ1n) is 2.98. The van der Waals surface area contributed by atoms with Gasteiger partial charge in [-0.05, 0) is 63.7 Å². The molecule has 0 unspecified atom stereocenters. The molecule has 1 aromatic carbocycles. The highest BCUT2D eigenvalue weighted by atomic mass is 79.9. The molecule has 0 fully saturated rings. The molecule has 0 atom stereocenters. The van der Waals surface area contributed by atoms with Crippen LogP contribution in [0.5, 0.6) is 0 Å². The summed E-state index contributed by atoms with van der Waals surface area (Å²) in [6.07, 6.45) is 0. The Morgan fingerprint density at radius 1 is 0.923 bits per heavy atom.